The van der Waals surface area contributed by atoms with Gasteiger partial charge in [-0.05, 0) is 63.2 Å². The summed E-state index contributed by atoms with van der Waals surface area (Å²) in [6.45, 7) is 4.33. The summed E-state index contributed by atoms with van der Waals surface area (Å²) in [4.78, 5) is 48.3. The minimum atomic E-state index is -0.914. The summed E-state index contributed by atoms with van der Waals surface area (Å²) in [6.07, 6.45) is 29.9. The number of rotatable bonds is 31. The number of esters is 1. The van der Waals surface area contributed by atoms with Gasteiger partial charge in [0.05, 0.1) is 11.8 Å². The summed E-state index contributed by atoms with van der Waals surface area (Å²) >= 11 is 0. The van der Waals surface area contributed by atoms with Crippen LogP contribution in [0.5, 0.6) is 0 Å². The fourth-order valence-corrected chi connectivity index (χ4v) is 6.96. The molecule has 1 aliphatic rings. The molecule has 8 heteroatoms. The Balaban J connectivity index is 2.92. The van der Waals surface area contributed by atoms with Crippen molar-refractivity contribution in [3.63, 3.8) is 0 Å². The van der Waals surface area contributed by atoms with Crippen LogP contribution < -0.4 is 0 Å². The normalized spacial score (nSPS) is 19.8. The summed E-state index contributed by atoms with van der Waals surface area (Å²) in [5.41, 5.74) is 0. The molecule has 48 heavy (non-hydrogen) atoms. The maximum absolute atomic E-state index is 14.0. The molecule has 5 unspecified atom stereocenters. The third kappa shape index (κ3) is 20.7. The van der Waals surface area contributed by atoms with Crippen LogP contribution in [0.25, 0.3) is 0 Å². The van der Waals surface area contributed by atoms with Crippen LogP contribution in [-0.4, -0.2) is 45.3 Å². The third-order valence-corrected chi connectivity index (χ3v) is 9.78. The zero-order valence-electron chi connectivity index (χ0n) is 30.3. The van der Waals surface area contributed by atoms with Gasteiger partial charge >= 0.3 is 23.9 Å². The molecule has 0 spiro atoms. The molecule has 0 aromatic heterocycles. The van der Waals surface area contributed by atoms with Crippen LogP contribution in [0, 0.1) is 23.7 Å². The Morgan fingerprint density at radius 3 is 1.62 bits per heavy atom. The Kier molecular flexibility index (Phi) is 25.5. The number of allylic oxidation sites excluding steroid dienone is 3. The van der Waals surface area contributed by atoms with E-state index in [-0.39, 0.29) is 36.8 Å². The minimum absolute atomic E-state index is 0.184. The molecule has 1 aliphatic carbocycles. The SMILES string of the molecule is CCCCCCC(C/C=C\CCCCCCCC(=O)O)OC(=O)C1C(CCCCCCCC(=O)O)C=CC(CCCCCC)C1C(=O)O. The summed E-state index contributed by atoms with van der Waals surface area (Å²) in [7, 11) is 0. The fourth-order valence-electron chi connectivity index (χ4n) is 6.96. The van der Waals surface area contributed by atoms with Gasteiger partial charge in [0.15, 0.2) is 0 Å². The van der Waals surface area contributed by atoms with E-state index in [2.05, 4.69) is 38.2 Å². The minimum Gasteiger partial charge on any atom is -0.481 e. The van der Waals surface area contributed by atoms with Crippen molar-refractivity contribution < 1.29 is 39.2 Å². The van der Waals surface area contributed by atoms with Crippen molar-refractivity contribution in [2.45, 2.75) is 180 Å². The Labute approximate surface area is 291 Å². The summed E-state index contributed by atoms with van der Waals surface area (Å²) in [5.74, 6) is -4.66. The molecular weight excluding hydrogens is 608 g/mol. The lowest BCUT2D eigenvalue weighted by Gasteiger charge is -2.37. The molecule has 0 bridgehead atoms. The number of ether oxygens (including phenoxy) is 1. The van der Waals surface area contributed by atoms with E-state index >= 15 is 0 Å². The third-order valence-electron chi connectivity index (χ3n) is 9.78. The lowest BCUT2D eigenvalue weighted by molar-refractivity contribution is -0.166. The molecule has 0 aromatic carbocycles. The number of hydrogen-bond donors (Lipinski definition) is 3. The lowest BCUT2D eigenvalue weighted by Crippen LogP contribution is -2.43. The molecule has 0 fully saturated rings. The van der Waals surface area contributed by atoms with Crippen molar-refractivity contribution in [1.29, 1.82) is 0 Å². The lowest BCUT2D eigenvalue weighted by atomic mass is 9.67. The van der Waals surface area contributed by atoms with Crippen LogP contribution >= 0.6 is 0 Å². The van der Waals surface area contributed by atoms with Gasteiger partial charge < -0.3 is 20.1 Å². The Bertz CT molecular complexity index is 942. The average molecular weight is 677 g/mol. The van der Waals surface area contributed by atoms with Gasteiger partial charge in [0, 0.05) is 19.3 Å². The molecule has 3 N–H and O–H groups in total. The van der Waals surface area contributed by atoms with Crippen LogP contribution in [0.4, 0.5) is 0 Å². The highest BCUT2D eigenvalue weighted by Crippen LogP contribution is 2.41. The number of aliphatic carboxylic acids is 3. The molecule has 0 radical (unpaired) electrons. The number of carbonyl (C=O) groups is 4. The van der Waals surface area contributed by atoms with Gasteiger partial charge in [-0.25, -0.2) is 0 Å². The van der Waals surface area contributed by atoms with Crippen molar-refractivity contribution in [1.82, 2.24) is 0 Å². The predicted octanol–water partition coefficient (Wildman–Crippen LogP) is 10.5. The number of unbranched alkanes of at least 4 members (excludes halogenated alkanes) is 15. The highest BCUT2D eigenvalue weighted by Gasteiger charge is 2.45. The maximum atomic E-state index is 14.0. The van der Waals surface area contributed by atoms with Gasteiger partial charge in [-0.2, -0.15) is 0 Å². The zero-order chi connectivity index (χ0) is 35.4. The zero-order valence-corrected chi connectivity index (χ0v) is 30.3. The second-order valence-electron chi connectivity index (χ2n) is 14.0. The Morgan fingerprint density at radius 2 is 1.08 bits per heavy atom. The van der Waals surface area contributed by atoms with E-state index in [9.17, 15) is 24.3 Å². The van der Waals surface area contributed by atoms with Crippen LogP contribution in [0.2, 0.25) is 0 Å². The largest absolute Gasteiger partial charge is 0.481 e. The molecule has 0 aliphatic heterocycles. The molecule has 276 valence electrons. The first-order valence-corrected chi connectivity index (χ1v) is 19.4. The number of carboxylic acid groups (broad SMARTS) is 3. The quantitative estimate of drug-likeness (QED) is 0.0374. The van der Waals surface area contributed by atoms with E-state index in [0.717, 1.165) is 135 Å². The van der Waals surface area contributed by atoms with Crippen molar-refractivity contribution in [2.75, 3.05) is 0 Å². The van der Waals surface area contributed by atoms with Gasteiger partial charge in [0.25, 0.3) is 0 Å². The van der Waals surface area contributed by atoms with Gasteiger partial charge in [-0.3, -0.25) is 19.2 Å². The van der Waals surface area contributed by atoms with E-state index in [4.69, 9.17) is 14.9 Å². The first-order valence-electron chi connectivity index (χ1n) is 19.4. The number of carboxylic acids is 3. The van der Waals surface area contributed by atoms with Crippen LogP contribution in [-0.2, 0) is 23.9 Å². The van der Waals surface area contributed by atoms with E-state index < -0.39 is 29.7 Å². The monoisotopic (exact) mass is 676 g/mol. The Morgan fingerprint density at radius 1 is 0.604 bits per heavy atom. The van der Waals surface area contributed by atoms with Gasteiger partial charge in [0.1, 0.15) is 6.10 Å². The topological polar surface area (TPSA) is 138 Å². The molecule has 0 aromatic rings. The second-order valence-corrected chi connectivity index (χ2v) is 14.0. The number of carbonyl (C=O) groups excluding carboxylic acids is 1. The van der Waals surface area contributed by atoms with Crippen molar-refractivity contribution in [3.05, 3.63) is 24.3 Å². The molecule has 0 amide bonds. The first-order chi connectivity index (χ1) is 23.2. The molecule has 0 saturated heterocycles. The highest BCUT2D eigenvalue weighted by molar-refractivity contribution is 5.82. The molecule has 0 saturated carbocycles. The molecule has 5 atom stereocenters. The summed E-state index contributed by atoms with van der Waals surface area (Å²) in [6, 6.07) is 0. The summed E-state index contributed by atoms with van der Waals surface area (Å²) < 4.78 is 6.25. The standard InChI is InChI=1S/C40H68O8/c1-3-5-7-18-24-32-30-31-33(25-19-14-13-17-23-29-36(43)44)38(37(32)39(45)46)40(47)48-34(26-20-8-6-4-2)27-21-15-11-9-10-12-16-22-28-35(41)42/h15,21,30-34,37-38H,3-14,16-20,22-29H2,1-2H3,(H,41,42)(H,43,44)(H,45,46)/b21-15-. The smallest absolute Gasteiger partial charge is 0.310 e. The Hall–Kier alpha value is -2.64. The van der Waals surface area contributed by atoms with Crippen molar-refractivity contribution >= 4 is 23.9 Å². The van der Waals surface area contributed by atoms with Crippen molar-refractivity contribution in [3.8, 4) is 0 Å². The van der Waals surface area contributed by atoms with E-state index in [1.165, 1.54) is 0 Å². The van der Waals surface area contributed by atoms with Gasteiger partial charge in [0.2, 0.25) is 0 Å². The van der Waals surface area contributed by atoms with E-state index in [1.54, 1.807) is 0 Å². The molecule has 8 nitrogen and oxygen atoms in total. The number of hydrogen-bond acceptors (Lipinski definition) is 5. The maximum Gasteiger partial charge on any atom is 0.310 e. The molecular formula is C40H68O8. The van der Waals surface area contributed by atoms with Crippen LogP contribution in [0.15, 0.2) is 24.3 Å². The molecule has 1 rings (SSSR count). The van der Waals surface area contributed by atoms with Crippen molar-refractivity contribution in [2.24, 2.45) is 23.7 Å². The van der Waals surface area contributed by atoms with E-state index in [1.807, 2.05) is 0 Å². The van der Waals surface area contributed by atoms with E-state index in [0.29, 0.717) is 12.8 Å². The van der Waals surface area contributed by atoms with Crippen LogP contribution in [0.1, 0.15) is 174 Å². The summed E-state index contributed by atoms with van der Waals surface area (Å²) in [5, 5.41) is 28.1. The predicted molar refractivity (Wildman–Crippen MR) is 192 cm³/mol. The fraction of sp³-hybridized carbons (Fsp3) is 0.800. The second kappa shape index (κ2) is 28.2. The van der Waals surface area contributed by atoms with Crippen LogP contribution in [0.3, 0.4) is 0 Å². The highest BCUT2D eigenvalue weighted by atomic mass is 16.5. The molecule has 0 heterocycles. The average Bonchev–Trinajstić information content (AvgIpc) is 3.04. The first kappa shape index (κ1) is 43.4. The van der Waals surface area contributed by atoms with Gasteiger partial charge in [-0.15, -0.1) is 0 Å². The van der Waals surface area contributed by atoms with Gasteiger partial charge in [-0.1, -0.05) is 128 Å².